The van der Waals surface area contributed by atoms with E-state index in [0.29, 0.717) is 47.1 Å². The number of hydrogen-bond donors (Lipinski definition) is 14. The van der Waals surface area contributed by atoms with Gasteiger partial charge in [-0.25, -0.2) is 0 Å². The van der Waals surface area contributed by atoms with Gasteiger partial charge in [0.15, 0.2) is 5.96 Å². The summed E-state index contributed by atoms with van der Waals surface area (Å²) in [5.41, 5.74) is 30.4. The van der Waals surface area contributed by atoms with Crippen LogP contribution in [0.3, 0.4) is 0 Å². The van der Waals surface area contributed by atoms with Gasteiger partial charge < -0.3 is 80.8 Å². The summed E-state index contributed by atoms with van der Waals surface area (Å²) in [6.45, 7) is 5.05. The van der Waals surface area contributed by atoms with Crippen LogP contribution in [-0.2, 0) is 65.6 Å². The topological polar surface area (TPSA) is 449 Å². The number of rotatable bonds is 32. The van der Waals surface area contributed by atoms with E-state index in [1.165, 1.54) is 31.1 Å². The van der Waals surface area contributed by atoms with Crippen molar-refractivity contribution in [2.75, 3.05) is 13.1 Å². The Morgan fingerprint density at radius 3 is 1.72 bits per heavy atom. The molecule has 0 radical (unpaired) electrons. The van der Waals surface area contributed by atoms with E-state index in [-0.39, 0.29) is 68.9 Å². The van der Waals surface area contributed by atoms with Crippen molar-refractivity contribution < 1.29 is 52.7 Å². The van der Waals surface area contributed by atoms with Gasteiger partial charge in [-0.05, 0) is 130 Å². The molecule has 9 rings (SSSR count). The van der Waals surface area contributed by atoms with E-state index < -0.39 is 133 Å². The number of amides is 11. The maximum absolute atomic E-state index is 15.0. The third-order valence-electron chi connectivity index (χ3n) is 18.5. The quantitative estimate of drug-likeness (QED) is 0.0176. The zero-order valence-electron chi connectivity index (χ0n) is 51.4. The van der Waals surface area contributed by atoms with E-state index in [0.717, 1.165) is 35.7 Å². The summed E-state index contributed by atoms with van der Waals surface area (Å²) >= 11 is 0. The van der Waals surface area contributed by atoms with Gasteiger partial charge in [-0.2, -0.15) is 0 Å². The highest BCUT2D eigenvalue weighted by Crippen LogP contribution is 2.61. The van der Waals surface area contributed by atoms with Gasteiger partial charge in [0, 0.05) is 73.0 Å². The maximum atomic E-state index is 15.0. The summed E-state index contributed by atoms with van der Waals surface area (Å²) in [5.74, 6) is -7.69. The summed E-state index contributed by atoms with van der Waals surface area (Å²) < 4.78 is 0. The molecule has 27 heteroatoms. The molecule has 0 spiro atoms. The Morgan fingerprint density at radius 2 is 1.16 bits per heavy atom. The van der Waals surface area contributed by atoms with Gasteiger partial charge in [0.05, 0.1) is 6.42 Å². The SMILES string of the molecule is CC[C@H](C)[C@H](NC(=O)[C@H](Cc1c[nH]c2ccccc12)NC(=O)CC12CC3CC(CC(C3)C1)C2)C(=O)N[C@@H](CCC(N)=O)C(=O)N[C@@H](CC(N)=O)C(=O)N[C@@H](Cc1c[nH]c2ccccc12)C(=O)N1CCC[C@@H]1C(=O)N[C@@H](CCCN=C(N)N)C(=O)N[C@@H](C)C(N)=O. The summed E-state index contributed by atoms with van der Waals surface area (Å²) in [7, 11) is 0. The molecule has 90 heavy (non-hydrogen) atoms. The van der Waals surface area contributed by atoms with Crippen LogP contribution in [-0.4, -0.2) is 147 Å². The van der Waals surface area contributed by atoms with Crippen LogP contribution in [0, 0.1) is 29.1 Å². The molecule has 4 saturated carbocycles. The zero-order chi connectivity index (χ0) is 65.0. The Balaban J connectivity index is 1.00. The van der Waals surface area contributed by atoms with Crippen LogP contribution in [0.1, 0.15) is 128 Å². The van der Waals surface area contributed by atoms with E-state index in [2.05, 4.69) is 52.2 Å². The fraction of sp³-hybridized carbons (Fsp3) is 0.556. The number of hydrogen-bond acceptors (Lipinski definition) is 12. The minimum atomic E-state index is -1.79. The van der Waals surface area contributed by atoms with Gasteiger partial charge >= 0.3 is 0 Å². The van der Waals surface area contributed by atoms with Gasteiger partial charge in [0.2, 0.25) is 65.0 Å². The average molecular weight is 1250 g/mol. The molecule has 486 valence electrons. The molecule has 4 aromatic rings. The van der Waals surface area contributed by atoms with Crippen LogP contribution in [0.2, 0.25) is 0 Å². The van der Waals surface area contributed by atoms with Gasteiger partial charge in [0.25, 0.3) is 0 Å². The van der Waals surface area contributed by atoms with Gasteiger partial charge in [-0.3, -0.25) is 57.7 Å². The number of benzene rings is 2. The number of likely N-dealkylation sites (tertiary alicyclic amines) is 1. The highest BCUT2D eigenvalue weighted by molar-refractivity contribution is 6.00. The number of fused-ring (bicyclic) bond motifs is 2. The minimum Gasteiger partial charge on any atom is -0.370 e. The molecule has 9 atom stereocenters. The Kier molecular flexibility index (Phi) is 22.3. The molecule has 1 saturated heterocycles. The zero-order valence-corrected chi connectivity index (χ0v) is 51.4. The van der Waals surface area contributed by atoms with E-state index in [9.17, 15) is 47.9 Å². The monoisotopic (exact) mass is 1240 g/mol. The lowest BCUT2D eigenvalue weighted by Gasteiger charge is -2.56. The number of aromatic nitrogens is 2. The van der Waals surface area contributed by atoms with Crippen molar-refractivity contribution in [3.8, 4) is 0 Å². The fourth-order valence-electron chi connectivity index (χ4n) is 14.2. The van der Waals surface area contributed by atoms with Crippen molar-refractivity contribution in [3.05, 3.63) is 72.1 Å². The number of aromatic amines is 2. The number of H-pyrrole nitrogens is 2. The van der Waals surface area contributed by atoms with Crippen LogP contribution >= 0.6 is 0 Å². The minimum absolute atomic E-state index is 0.0182. The molecule has 5 aliphatic rings. The number of primary amides is 3. The number of para-hydroxylation sites is 2. The first-order chi connectivity index (χ1) is 42.9. The van der Waals surface area contributed by atoms with Crippen LogP contribution in [0.25, 0.3) is 21.8 Å². The Bertz CT molecular complexity index is 3320. The van der Waals surface area contributed by atoms with Gasteiger partial charge in [0.1, 0.15) is 48.3 Å². The number of nitrogens with two attached hydrogens (primary N) is 5. The second-order valence-electron chi connectivity index (χ2n) is 25.4. The Hall–Kier alpha value is -9.04. The summed E-state index contributed by atoms with van der Waals surface area (Å²) in [6, 6.07) is 3.95. The molecular formula is C63H88N16O11. The third-order valence-corrected chi connectivity index (χ3v) is 18.5. The van der Waals surface area contributed by atoms with Crippen molar-refractivity contribution in [2.24, 2.45) is 62.7 Å². The number of carbonyl (C=O) groups is 11. The molecule has 27 nitrogen and oxygen atoms in total. The molecule has 2 aromatic carbocycles. The van der Waals surface area contributed by atoms with Crippen LogP contribution in [0.4, 0.5) is 0 Å². The van der Waals surface area contributed by atoms with Gasteiger partial charge in [-0.15, -0.1) is 0 Å². The molecule has 11 amide bonds. The summed E-state index contributed by atoms with van der Waals surface area (Å²) in [5, 5.41) is 20.5. The number of carbonyl (C=O) groups excluding carboxylic acids is 11. The predicted octanol–water partition coefficient (Wildman–Crippen LogP) is 0.171. The predicted molar refractivity (Wildman–Crippen MR) is 334 cm³/mol. The maximum Gasteiger partial charge on any atom is 0.246 e. The molecule has 2 aromatic heterocycles. The number of aliphatic imine (C=N–C) groups is 1. The Morgan fingerprint density at radius 1 is 0.622 bits per heavy atom. The van der Waals surface area contributed by atoms with E-state index >= 15 is 4.79 Å². The van der Waals surface area contributed by atoms with Crippen molar-refractivity contribution in [2.45, 2.75) is 178 Å². The molecule has 0 unspecified atom stereocenters. The normalized spacial score (nSPS) is 21.7. The number of nitrogens with zero attached hydrogens (tertiary/aromatic N) is 2. The molecule has 3 heterocycles. The molecule has 5 fully saturated rings. The molecule has 19 N–H and O–H groups in total. The number of nitrogens with one attached hydrogen (secondary N) is 9. The third kappa shape index (κ3) is 17.2. The van der Waals surface area contributed by atoms with Gasteiger partial charge in [-0.1, -0.05) is 56.7 Å². The number of guanidine groups is 1. The first-order valence-electron chi connectivity index (χ1n) is 31.3. The average Bonchev–Trinajstić information content (AvgIpc) is 1.04. The van der Waals surface area contributed by atoms with Crippen LogP contribution in [0.15, 0.2) is 65.9 Å². The van der Waals surface area contributed by atoms with E-state index in [4.69, 9.17) is 28.7 Å². The van der Waals surface area contributed by atoms with Crippen molar-refractivity contribution in [1.82, 2.24) is 52.1 Å². The highest BCUT2D eigenvalue weighted by atomic mass is 16.2. The second kappa shape index (κ2) is 30.0. The molecule has 1 aliphatic heterocycles. The largest absolute Gasteiger partial charge is 0.370 e. The summed E-state index contributed by atoms with van der Waals surface area (Å²) in [6.07, 6.45) is 9.60. The molecular weight excluding hydrogens is 1160 g/mol. The van der Waals surface area contributed by atoms with Crippen LogP contribution in [0.5, 0.6) is 0 Å². The standard InChI is InChI=1S/C63H88N16O11/c1-4-33(2)53(78-58(87)46(24-38-31-70-42-13-7-5-11-40(38)42)73-52(82)30-63-27-35-21-36(28-63)23-37(22-35)29-63)60(89)75-45(17-18-50(64)80)56(85)76-47(26-51(65)81)57(86)77-48(25-39-32-71-43-14-8-6-12-41(39)43)61(90)79-20-10-16-49(79)59(88)74-44(15-9-19-69-62(67)68)55(84)72-34(3)54(66)83/h5-8,11-14,31-37,44-49,53,70-71H,4,9-10,15-30H2,1-3H3,(H2,64,80)(H2,65,81)(H2,66,83)(H,72,84)(H,73,82)(H,74,88)(H,75,89)(H,76,85)(H,77,86)(H,78,87)(H4,67,68,69)/t33-,34-,35?,36?,37?,44-,45-,46-,47-,48-,49+,53-,63?/m0/s1. The van der Waals surface area contributed by atoms with Crippen molar-refractivity contribution in [3.63, 3.8) is 0 Å². The van der Waals surface area contributed by atoms with E-state index in [1.54, 1.807) is 50.5 Å². The van der Waals surface area contributed by atoms with Crippen molar-refractivity contribution in [1.29, 1.82) is 0 Å². The molecule has 4 bridgehead atoms. The lowest BCUT2D eigenvalue weighted by molar-refractivity contribution is -0.142. The smallest absolute Gasteiger partial charge is 0.246 e. The first kappa shape index (κ1) is 66.9. The lowest BCUT2D eigenvalue weighted by Crippen LogP contribution is -2.61. The first-order valence-corrected chi connectivity index (χ1v) is 31.3. The lowest BCUT2D eigenvalue weighted by atomic mass is 9.49. The van der Waals surface area contributed by atoms with Crippen LogP contribution < -0.4 is 65.9 Å². The second-order valence-corrected chi connectivity index (χ2v) is 25.4. The fourth-order valence-corrected chi connectivity index (χ4v) is 14.2. The highest BCUT2D eigenvalue weighted by Gasteiger charge is 2.52. The van der Waals surface area contributed by atoms with E-state index in [1.807, 2.05) is 24.3 Å². The van der Waals surface area contributed by atoms with Crippen molar-refractivity contribution >= 4 is 92.7 Å². The molecule has 4 aliphatic carbocycles. The summed E-state index contributed by atoms with van der Waals surface area (Å²) in [4.78, 5) is 164. The Labute approximate surface area is 521 Å².